The summed E-state index contributed by atoms with van der Waals surface area (Å²) in [5, 5.41) is 0. The fourth-order valence-corrected chi connectivity index (χ4v) is 2.97. The zero-order chi connectivity index (χ0) is 12.7. The molecule has 0 saturated carbocycles. The Morgan fingerprint density at radius 2 is 2.00 bits per heavy atom. The van der Waals surface area contributed by atoms with Gasteiger partial charge in [0, 0.05) is 17.6 Å². The lowest BCUT2D eigenvalue weighted by Crippen LogP contribution is -2.46. The monoisotopic (exact) mass is 313 g/mol. The number of amides is 1. The van der Waals surface area contributed by atoms with Crippen molar-refractivity contribution in [2.24, 2.45) is 0 Å². The van der Waals surface area contributed by atoms with Gasteiger partial charge >= 0.3 is 0 Å². The molecular weight excluding hydrogens is 301 g/mol. The van der Waals surface area contributed by atoms with E-state index in [0.29, 0.717) is 17.6 Å². The number of nitrogens with zero attached hydrogens (tertiary/aromatic N) is 1. The zero-order valence-corrected chi connectivity index (χ0v) is 11.3. The fraction of sp³-hybridized carbons (Fsp3) is 0.462. The van der Waals surface area contributed by atoms with Crippen LogP contribution in [0.1, 0.15) is 23.2 Å². The van der Waals surface area contributed by atoms with Gasteiger partial charge in [0.2, 0.25) is 0 Å². The van der Waals surface area contributed by atoms with Crippen LogP contribution in [-0.4, -0.2) is 36.1 Å². The minimum atomic E-state index is -0.470. The highest BCUT2D eigenvalue weighted by Crippen LogP contribution is 2.28. The molecule has 0 aliphatic carbocycles. The molecule has 2 atom stereocenters. The minimum Gasteiger partial charge on any atom is -0.371 e. The van der Waals surface area contributed by atoms with Crippen molar-refractivity contribution < 1.29 is 13.9 Å². The zero-order valence-electron chi connectivity index (χ0n) is 9.73. The first-order chi connectivity index (χ1) is 8.63. The highest BCUT2D eigenvalue weighted by atomic mass is 79.9. The maximum absolute atomic E-state index is 13.7. The molecule has 1 aromatic rings. The maximum atomic E-state index is 13.7. The average Bonchev–Trinajstić information content (AvgIpc) is 2.70. The Morgan fingerprint density at radius 1 is 1.33 bits per heavy atom. The quantitative estimate of drug-likeness (QED) is 0.797. The minimum absolute atomic E-state index is 0.128. The van der Waals surface area contributed by atoms with Crippen LogP contribution in [0.4, 0.5) is 4.39 Å². The molecule has 1 amide bonds. The number of likely N-dealkylation sites (tertiary alicyclic amines) is 1. The highest BCUT2D eigenvalue weighted by Gasteiger charge is 2.36. The van der Waals surface area contributed by atoms with Crippen molar-refractivity contribution in [3.05, 3.63) is 34.1 Å². The fourth-order valence-electron chi connectivity index (χ4n) is 2.61. The summed E-state index contributed by atoms with van der Waals surface area (Å²) in [7, 11) is 0. The number of halogens is 2. The average molecular weight is 314 g/mol. The Kier molecular flexibility index (Phi) is 3.11. The van der Waals surface area contributed by atoms with Gasteiger partial charge in [0.25, 0.3) is 5.91 Å². The Labute approximate surface area is 113 Å². The number of carbonyl (C=O) groups excluding carboxylic acids is 1. The summed E-state index contributed by atoms with van der Waals surface area (Å²) in [6, 6.07) is 4.44. The van der Waals surface area contributed by atoms with Crippen molar-refractivity contribution in [3.63, 3.8) is 0 Å². The van der Waals surface area contributed by atoms with Gasteiger partial charge < -0.3 is 9.64 Å². The first-order valence-corrected chi connectivity index (χ1v) is 6.82. The van der Waals surface area contributed by atoms with Gasteiger partial charge in [-0.15, -0.1) is 0 Å². The molecule has 0 aromatic heterocycles. The first-order valence-electron chi connectivity index (χ1n) is 6.03. The molecule has 3 nitrogen and oxygen atoms in total. The first kappa shape index (κ1) is 12.1. The van der Waals surface area contributed by atoms with Crippen LogP contribution in [0.25, 0.3) is 0 Å². The van der Waals surface area contributed by atoms with Crippen molar-refractivity contribution in [3.8, 4) is 0 Å². The van der Waals surface area contributed by atoms with Gasteiger partial charge in [0.1, 0.15) is 5.82 Å². The summed E-state index contributed by atoms with van der Waals surface area (Å²) >= 11 is 3.26. The van der Waals surface area contributed by atoms with Crippen LogP contribution in [0.3, 0.4) is 0 Å². The van der Waals surface area contributed by atoms with Crippen LogP contribution in [0.5, 0.6) is 0 Å². The van der Waals surface area contributed by atoms with Crippen molar-refractivity contribution in [1.29, 1.82) is 0 Å². The van der Waals surface area contributed by atoms with Crippen molar-refractivity contribution in [2.75, 3.05) is 13.1 Å². The molecule has 5 heteroatoms. The molecule has 2 aliphatic rings. The number of ether oxygens (including phenoxy) is 1. The number of morpholine rings is 1. The van der Waals surface area contributed by atoms with Gasteiger partial charge in [0.15, 0.2) is 0 Å². The molecule has 2 unspecified atom stereocenters. The van der Waals surface area contributed by atoms with Gasteiger partial charge in [-0.3, -0.25) is 4.79 Å². The van der Waals surface area contributed by atoms with Crippen LogP contribution in [-0.2, 0) is 4.74 Å². The van der Waals surface area contributed by atoms with E-state index in [1.807, 2.05) is 0 Å². The number of hydrogen-bond acceptors (Lipinski definition) is 2. The van der Waals surface area contributed by atoms with Crippen LogP contribution in [0, 0.1) is 5.82 Å². The van der Waals surface area contributed by atoms with Crippen molar-refractivity contribution in [2.45, 2.75) is 25.0 Å². The lowest BCUT2D eigenvalue weighted by molar-refractivity contribution is -0.0304. The van der Waals surface area contributed by atoms with Crippen LogP contribution in [0.2, 0.25) is 0 Å². The normalized spacial score (nSPS) is 26.4. The Hall–Kier alpha value is -0.940. The summed E-state index contributed by atoms with van der Waals surface area (Å²) in [6.07, 6.45) is 2.25. The van der Waals surface area contributed by atoms with Gasteiger partial charge in [-0.25, -0.2) is 4.39 Å². The molecule has 1 aromatic carbocycles. The van der Waals surface area contributed by atoms with E-state index in [4.69, 9.17) is 4.74 Å². The van der Waals surface area contributed by atoms with E-state index in [-0.39, 0.29) is 23.7 Å². The molecule has 2 heterocycles. The van der Waals surface area contributed by atoms with E-state index >= 15 is 0 Å². The molecule has 18 heavy (non-hydrogen) atoms. The van der Waals surface area contributed by atoms with Crippen LogP contribution < -0.4 is 0 Å². The molecule has 2 bridgehead atoms. The Balaban J connectivity index is 1.84. The molecule has 0 N–H and O–H groups in total. The van der Waals surface area contributed by atoms with E-state index in [0.717, 1.165) is 12.8 Å². The smallest absolute Gasteiger partial charge is 0.257 e. The van der Waals surface area contributed by atoms with Gasteiger partial charge in [-0.05, 0) is 31.0 Å². The lowest BCUT2D eigenvalue weighted by Gasteiger charge is -2.32. The SMILES string of the molecule is O=C(c1cc(Br)ccc1F)N1CC2CCC(C1)O2. The van der Waals surface area contributed by atoms with Crippen LogP contribution in [0.15, 0.2) is 22.7 Å². The number of benzene rings is 1. The third-order valence-corrected chi connectivity index (χ3v) is 3.98. The molecule has 96 valence electrons. The van der Waals surface area contributed by atoms with E-state index in [1.165, 1.54) is 12.1 Å². The van der Waals surface area contributed by atoms with E-state index in [1.54, 1.807) is 11.0 Å². The van der Waals surface area contributed by atoms with Gasteiger partial charge in [-0.1, -0.05) is 15.9 Å². The predicted octanol–water partition coefficient (Wildman–Crippen LogP) is 2.59. The van der Waals surface area contributed by atoms with Crippen molar-refractivity contribution >= 4 is 21.8 Å². The van der Waals surface area contributed by atoms with E-state index < -0.39 is 5.82 Å². The third kappa shape index (κ3) is 2.17. The predicted molar refractivity (Wildman–Crippen MR) is 67.9 cm³/mol. The van der Waals surface area contributed by atoms with Crippen LogP contribution >= 0.6 is 15.9 Å². The third-order valence-electron chi connectivity index (χ3n) is 3.49. The summed E-state index contributed by atoms with van der Waals surface area (Å²) < 4.78 is 20.1. The molecule has 2 fully saturated rings. The summed E-state index contributed by atoms with van der Waals surface area (Å²) in [4.78, 5) is 14.0. The second-order valence-corrected chi connectivity index (χ2v) is 5.71. The molecule has 0 spiro atoms. The molecule has 2 aliphatic heterocycles. The van der Waals surface area contributed by atoms with E-state index in [2.05, 4.69) is 15.9 Å². The number of fused-ring (bicyclic) bond motifs is 2. The number of carbonyl (C=O) groups is 1. The Morgan fingerprint density at radius 3 is 2.67 bits per heavy atom. The van der Waals surface area contributed by atoms with Gasteiger partial charge in [-0.2, -0.15) is 0 Å². The molecule has 3 rings (SSSR count). The van der Waals surface area contributed by atoms with Gasteiger partial charge in [0.05, 0.1) is 17.8 Å². The maximum Gasteiger partial charge on any atom is 0.257 e. The second-order valence-electron chi connectivity index (χ2n) is 4.79. The highest BCUT2D eigenvalue weighted by molar-refractivity contribution is 9.10. The van der Waals surface area contributed by atoms with E-state index in [9.17, 15) is 9.18 Å². The van der Waals surface area contributed by atoms with Crippen molar-refractivity contribution in [1.82, 2.24) is 4.90 Å². The molecule has 0 radical (unpaired) electrons. The Bertz CT molecular complexity index is 482. The standard InChI is InChI=1S/C13H13BrFNO2/c14-8-1-4-12(15)11(5-8)13(17)16-6-9-2-3-10(7-16)18-9/h1,4-5,9-10H,2-3,6-7H2. The lowest BCUT2D eigenvalue weighted by atomic mass is 10.1. The second kappa shape index (κ2) is 4.63. The summed E-state index contributed by atoms with van der Waals surface area (Å²) in [6.45, 7) is 1.14. The number of rotatable bonds is 1. The summed E-state index contributed by atoms with van der Waals surface area (Å²) in [5.41, 5.74) is 0.130. The number of hydrogen-bond donors (Lipinski definition) is 0. The molecular formula is C13H13BrFNO2. The summed E-state index contributed by atoms with van der Waals surface area (Å²) in [5.74, 6) is -0.712. The topological polar surface area (TPSA) is 29.5 Å². The molecule has 2 saturated heterocycles. The largest absolute Gasteiger partial charge is 0.371 e.